The second-order valence-electron chi connectivity index (χ2n) is 7.09. The Morgan fingerprint density at radius 2 is 1.60 bits per heavy atom. The van der Waals surface area contributed by atoms with Gasteiger partial charge in [-0.25, -0.2) is 0 Å². The van der Waals surface area contributed by atoms with Crippen molar-refractivity contribution in [1.82, 2.24) is 9.47 Å². The second-order valence-corrected chi connectivity index (χ2v) is 9.16. The highest BCUT2D eigenvalue weighted by molar-refractivity contribution is 7.90. The number of carbonyl (C=O) groups excluding carboxylic acids is 1. The van der Waals surface area contributed by atoms with E-state index in [-0.39, 0.29) is 4.90 Å². The number of benzene rings is 2. The van der Waals surface area contributed by atoms with Crippen molar-refractivity contribution in [3.63, 3.8) is 0 Å². The van der Waals surface area contributed by atoms with Crippen LogP contribution in [-0.4, -0.2) is 44.6 Å². The van der Waals surface area contributed by atoms with Gasteiger partial charge in [-0.1, -0.05) is 23.7 Å². The van der Waals surface area contributed by atoms with E-state index in [1.165, 1.54) is 18.5 Å². The molecule has 1 heterocycles. The lowest BCUT2D eigenvalue weighted by atomic mass is 10.1. The maximum absolute atomic E-state index is 12.4. The van der Waals surface area contributed by atoms with Gasteiger partial charge in [-0.15, -0.1) is 4.40 Å². The molecule has 2 aromatic carbocycles. The van der Waals surface area contributed by atoms with Crippen molar-refractivity contribution in [1.29, 1.82) is 0 Å². The summed E-state index contributed by atoms with van der Waals surface area (Å²) in [7, 11) is -0.398. The van der Waals surface area contributed by atoms with Gasteiger partial charge >= 0.3 is 0 Å². The van der Waals surface area contributed by atoms with Crippen LogP contribution in [-0.2, 0) is 10.0 Å². The van der Waals surface area contributed by atoms with Crippen LogP contribution in [0.3, 0.4) is 0 Å². The molecule has 0 fully saturated rings. The van der Waals surface area contributed by atoms with Crippen LogP contribution >= 0.6 is 11.6 Å². The largest absolute Gasteiger partial charge is 0.368 e. The van der Waals surface area contributed by atoms with Gasteiger partial charge in [0.25, 0.3) is 10.0 Å². The van der Waals surface area contributed by atoms with E-state index in [9.17, 15) is 13.2 Å². The van der Waals surface area contributed by atoms with Gasteiger partial charge in [0.15, 0.2) is 6.29 Å². The van der Waals surface area contributed by atoms with E-state index in [1.54, 1.807) is 43.3 Å². The molecule has 0 saturated heterocycles. The average Bonchev–Trinajstić information content (AvgIpc) is 2.97. The lowest BCUT2D eigenvalue weighted by Gasteiger charge is -2.14. The molecular weight excluding hydrogens is 422 g/mol. The zero-order valence-corrected chi connectivity index (χ0v) is 18.7. The summed E-state index contributed by atoms with van der Waals surface area (Å²) in [4.78, 5) is 13.4. The van der Waals surface area contributed by atoms with Gasteiger partial charge in [0, 0.05) is 36.1 Å². The Labute approximate surface area is 181 Å². The topological polar surface area (TPSA) is 71.7 Å². The van der Waals surface area contributed by atoms with Crippen LogP contribution in [0.2, 0.25) is 5.02 Å². The van der Waals surface area contributed by atoms with Crippen molar-refractivity contribution < 1.29 is 13.2 Å². The fourth-order valence-corrected chi connectivity index (χ4v) is 4.33. The number of sulfonamides is 1. The van der Waals surface area contributed by atoms with Crippen molar-refractivity contribution in [2.45, 2.75) is 18.7 Å². The molecular formula is C22H22ClN3O3S. The summed E-state index contributed by atoms with van der Waals surface area (Å²) in [5.74, 6) is 0. The van der Waals surface area contributed by atoms with Crippen LogP contribution in [0, 0.1) is 13.8 Å². The Hall–Kier alpha value is -2.90. The molecule has 0 unspecified atom stereocenters. The summed E-state index contributed by atoms with van der Waals surface area (Å²) in [6.07, 6.45) is 2.09. The molecule has 0 radical (unpaired) electrons. The third-order valence-corrected chi connectivity index (χ3v) is 6.24. The molecule has 1 aromatic heterocycles. The number of nitrogens with zero attached hydrogens (tertiary/aromatic N) is 3. The molecule has 30 heavy (non-hydrogen) atoms. The van der Waals surface area contributed by atoms with Gasteiger partial charge in [-0.2, -0.15) is 8.42 Å². The van der Waals surface area contributed by atoms with Gasteiger partial charge in [0.05, 0.1) is 10.6 Å². The molecule has 0 spiro atoms. The molecule has 0 atom stereocenters. The summed E-state index contributed by atoms with van der Waals surface area (Å²) in [5, 5.41) is 0.620. The third kappa shape index (κ3) is 4.17. The number of aromatic nitrogens is 1. The first-order chi connectivity index (χ1) is 14.2. The zero-order valence-electron chi connectivity index (χ0n) is 17.1. The second kappa shape index (κ2) is 8.45. The summed E-state index contributed by atoms with van der Waals surface area (Å²) in [6, 6.07) is 13.8. The van der Waals surface area contributed by atoms with E-state index in [0.717, 1.165) is 34.5 Å². The summed E-state index contributed by atoms with van der Waals surface area (Å²) in [5.41, 5.74) is 4.72. The molecule has 156 valence electrons. The van der Waals surface area contributed by atoms with Crippen molar-refractivity contribution >= 4 is 34.2 Å². The third-order valence-electron chi connectivity index (χ3n) is 4.75. The Balaban J connectivity index is 2.14. The lowest BCUT2D eigenvalue weighted by molar-refractivity contribution is 0.112. The standard InChI is InChI=1S/C22H22ClN3O3S/c1-15-21(13-27)16(2)26(22(15)17-5-7-18(23)8-6-17)19-9-11-20(12-10-19)30(28,29)24-14-25(3)4/h5-14H,1-4H3/b24-14+. The molecule has 0 bridgehead atoms. The van der Waals surface area contributed by atoms with Crippen molar-refractivity contribution in [3.05, 3.63) is 70.4 Å². The minimum absolute atomic E-state index is 0.0922. The molecule has 0 amide bonds. The van der Waals surface area contributed by atoms with Crippen LogP contribution in [0.1, 0.15) is 21.6 Å². The first kappa shape index (κ1) is 21.8. The molecule has 0 saturated carbocycles. The van der Waals surface area contributed by atoms with E-state index >= 15 is 0 Å². The predicted molar refractivity (Wildman–Crippen MR) is 120 cm³/mol. The van der Waals surface area contributed by atoms with E-state index in [2.05, 4.69) is 4.40 Å². The molecule has 0 aliphatic rings. The number of rotatable bonds is 6. The van der Waals surface area contributed by atoms with Crippen LogP contribution in [0.25, 0.3) is 16.9 Å². The fourth-order valence-electron chi connectivity index (χ4n) is 3.29. The van der Waals surface area contributed by atoms with Crippen LogP contribution < -0.4 is 0 Å². The van der Waals surface area contributed by atoms with E-state index in [4.69, 9.17) is 11.6 Å². The lowest BCUT2D eigenvalue weighted by Crippen LogP contribution is -2.10. The summed E-state index contributed by atoms with van der Waals surface area (Å²) in [6.45, 7) is 3.76. The van der Waals surface area contributed by atoms with E-state index in [1.807, 2.05) is 30.5 Å². The van der Waals surface area contributed by atoms with Crippen LogP contribution in [0.15, 0.2) is 57.8 Å². The van der Waals surface area contributed by atoms with Gasteiger partial charge in [-0.3, -0.25) is 4.79 Å². The smallest absolute Gasteiger partial charge is 0.283 e. The SMILES string of the molecule is Cc1c(C=O)c(C)n(-c2ccc(S(=O)(=O)/N=C/N(C)C)cc2)c1-c1ccc(Cl)cc1. The van der Waals surface area contributed by atoms with Gasteiger partial charge < -0.3 is 9.47 Å². The predicted octanol–water partition coefficient (Wildman–Crippen LogP) is 4.51. The highest BCUT2D eigenvalue weighted by Crippen LogP contribution is 2.34. The quantitative estimate of drug-likeness (QED) is 0.319. The van der Waals surface area contributed by atoms with Crippen molar-refractivity contribution in [2.75, 3.05) is 14.1 Å². The molecule has 8 heteroatoms. The Morgan fingerprint density at radius 1 is 1.00 bits per heavy atom. The first-order valence-electron chi connectivity index (χ1n) is 9.16. The zero-order chi connectivity index (χ0) is 22.1. The Bertz CT molecular complexity index is 1210. The molecule has 0 aliphatic carbocycles. The highest BCUT2D eigenvalue weighted by atomic mass is 35.5. The minimum atomic E-state index is -3.79. The van der Waals surface area contributed by atoms with Gasteiger partial charge in [0.2, 0.25) is 0 Å². The number of aldehydes is 1. The van der Waals surface area contributed by atoms with Gasteiger partial charge in [0.1, 0.15) is 6.34 Å². The maximum Gasteiger partial charge on any atom is 0.283 e. The number of carbonyl (C=O) groups is 1. The van der Waals surface area contributed by atoms with E-state index < -0.39 is 10.0 Å². The van der Waals surface area contributed by atoms with Crippen LogP contribution in [0.4, 0.5) is 0 Å². The molecule has 6 nitrogen and oxygen atoms in total. The van der Waals surface area contributed by atoms with E-state index in [0.29, 0.717) is 10.6 Å². The fraction of sp³-hybridized carbons (Fsp3) is 0.182. The first-order valence-corrected chi connectivity index (χ1v) is 11.0. The summed E-state index contributed by atoms with van der Waals surface area (Å²) < 4.78 is 30.4. The maximum atomic E-state index is 12.4. The van der Waals surface area contributed by atoms with Crippen molar-refractivity contribution in [2.24, 2.45) is 4.40 Å². The Morgan fingerprint density at radius 3 is 2.13 bits per heavy atom. The number of hydrogen-bond acceptors (Lipinski definition) is 3. The summed E-state index contributed by atoms with van der Waals surface area (Å²) >= 11 is 6.03. The molecule has 3 rings (SSSR count). The Kier molecular flexibility index (Phi) is 6.14. The normalized spacial score (nSPS) is 11.8. The minimum Gasteiger partial charge on any atom is -0.368 e. The van der Waals surface area contributed by atoms with Crippen LogP contribution in [0.5, 0.6) is 0 Å². The molecule has 3 aromatic rings. The highest BCUT2D eigenvalue weighted by Gasteiger charge is 2.20. The van der Waals surface area contributed by atoms with Crippen molar-refractivity contribution in [3.8, 4) is 16.9 Å². The molecule has 0 aliphatic heterocycles. The van der Waals surface area contributed by atoms with Gasteiger partial charge in [-0.05, 0) is 61.4 Å². The number of halogens is 1. The monoisotopic (exact) mass is 443 g/mol. The number of hydrogen-bond donors (Lipinski definition) is 0. The average molecular weight is 444 g/mol. The molecule has 0 N–H and O–H groups in total.